The monoisotopic (exact) mass is 501 g/mol. The highest BCUT2D eigenvalue weighted by Crippen LogP contribution is 2.31. The Labute approximate surface area is 187 Å². The number of guanidine groups is 1. The molecule has 1 heterocycles. The zero-order valence-electron chi connectivity index (χ0n) is 17.8. The lowest BCUT2D eigenvalue weighted by Gasteiger charge is -2.30. The number of aliphatic imine (C=N–C) groups is 1. The first kappa shape index (κ1) is 24.7. The van der Waals surface area contributed by atoms with Crippen molar-refractivity contribution < 1.29 is 4.79 Å². The van der Waals surface area contributed by atoms with Gasteiger partial charge in [0, 0.05) is 49.7 Å². The van der Waals surface area contributed by atoms with Gasteiger partial charge in [-0.3, -0.25) is 14.7 Å². The summed E-state index contributed by atoms with van der Waals surface area (Å²) in [5.74, 6) is 0.998. The van der Waals surface area contributed by atoms with E-state index >= 15 is 0 Å². The van der Waals surface area contributed by atoms with Crippen LogP contribution in [0, 0.1) is 0 Å². The predicted octanol–water partition coefficient (Wildman–Crippen LogP) is 3.40. The van der Waals surface area contributed by atoms with E-state index in [0.29, 0.717) is 25.0 Å². The number of para-hydroxylation sites is 1. The summed E-state index contributed by atoms with van der Waals surface area (Å²) in [5.41, 5.74) is 2.08. The van der Waals surface area contributed by atoms with Crippen molar-refractivity contribution >= 4 is 41.5 Å². The fourth-order valence-electron chi connectivity index (χ4n) is 3.62. The minimum absolute atomic E-state index is 0. The average molecular weight is 501 g/mol. The Balaban J connectivity index is 0.00000392. The van der Waals surface area contributed by atoms with Gasteiger partial charge in [-0.05, 0) is 46.2 Å². The molecule has 0 spiro atoms. The van der Waals surface area contributed by atoms with E-state index in [1.54, 1.807) is 0 Å². The van der Waals surface area contributed by atoms with E-state index < -0.39 is 0 Å². The maximum atomic E-state index is 12.0. The number of fused-ring (bicyclic) bond motifs is 1. The number of carbonyl (C=O) groups excluding carboxylic acids is 1. The summed E-state index contributed by atoms with van der Waals surface area (Å²) in [6.07, 6.45) is 0.481. The van der Waals surface area contributed by atoms with Gasteiger partial charge in [-0.2, -0.15) is 0 Å². The number of hydrogen-bond donors (Lipinski definition) is 3. The van der Waals surface area contributed by atoms with Crippen molar-refractivity contribution in [1.82, 2.24) is 15.5 Å². The van der Waals surface area contributed by atoms with Crippen LogP contribution in [-0.2, 0) is 4.79 Å². The molecule has 1 amide bonds. The lowest BCUT2D eigenvalue weighted by molar-refractivity contribution is -0.116. The van der Waals surface area contributed by atoms with Crippen LogP contribution in [0.2, 0.25) is 0 Å². The number of carbonyl (C=O) groups is 1. The Bertz CT molecular complexity index is 639. The summed E-state index contributed by atoms with van der Waals surface area (Å²) >= 11 is 0. The standard InChI is InChI=1S/C21H35N5O.HI/c1-6-22-21(23-11-12-26(15(2)3)16(4)5)24-14-17-13-20(27)25-19-10-8-7-9-18(17)19;/h7-10,15-17H,6,11-14H2,1-5H3,(H,25,27)(H2,22,23,24);1H. The fourth-order valence-corrected chi connectivity index (χ4v) is 3.62. The smallest absolute Gasteiger partial charge is 0.225 e. The van der Waals surface area contributed by atoms with Crippen LogP contribution < -0.4 is 16.0 Å². The van der Waals surface area contributed by atoms with E-state index in [4.69, 9.17) is 4.99 Å². The van der Waals surface area contributed by atoms with Crippen LogP contribution in [0.3, 0.4) is 0 Å². The molecule has 0 fully saturated rings. The summed E-state index contributed by atoms with van der Waals surface area (Å²) in [7, 11) is 0. The molecule has 0 bridgehead atoms. The summed E-state index contributed by atoms with van der Waals surface area (Å²) in [4.78, 5) is 19.2. The van der Waals surface area contributed by atoms with Gasteiger partial charge in [0.15, 0.2) is 5.96 Å². The minimum Gasteiger partial charge on any atom is -0.357 e. The van der Waals surface area contributed by atoms with Gasteiger partial charge >= 0.3 is 0 Å². The third-order valence-electron chi connectivity index (χ3n) is 4.91. The molecular formula is C21H36IN5O. The van der Waals surface area contributed by atoms with Crippen molar-refractivity contribution in [3.8, 4) is 0 Å². The van der Waals surface area contributed by atoms with Crippen LogP contribution in [0.5, 0.6) is 0 Å². The SMILES string of the molecule is CCNC(=NCC1CC(=O)Nc2ccccc21)NCCN(C(C)C)C(C)C.I. The zero-order valence-corrected chi connectivity index (χ0v) is 20.1. The summed E-state index contributed by atoms with van der Waals surface area (Å²) in [6.45, 7) is 14.2. The van der Waals surface area contributed by atoms with Crippen molar-refractivity contribution in [2.75, 3.05) is 31.5 Å². The number of nitrogens with one attached hydrogen (secondary N) is 3. The van der Waals surface area contributed by atoms with Gasteiger partial charge in [0.1, 0.15) is 0 Å². The first-order valence-corrected chi connectivity index (χ1v) is 10.1. The van der Waals surface area contributed by atoms with Gasteiger partial charge < -0.3 is 16.0 Å². The molecule has 2 rings (SSSR count). The quantitative estimate of drug-likeness (QED) is 0.290. The highest BCUT2D eigenvalue weighted by molar-refractivity contribution is 14.0. The predicted molar refractivity (Wildman–Crippen MR) is 129 cm³/mol. The molecule has 0 saturated carbocycles. The molecule has 0 aromatic heterocycles. The fraction of sp³-hybridized carbons (Fsp3) is 0.619. The topological polar surface area (TPSA) is 68.8 Å². The second kappa shape index (κ2) is 12.3. The number of nitrogens with zero attached hydrogens (tertiary/aromatic N) is 2. The third-order valence-corrected chi connectivity index (χ3v) is 4.91. The minimum atomic E-state index is 0. The molecule has 1 atom stereocenters. The molecule has 1 aromatic carbocycles. The molecule has 7 heteroatoms. The number of benzene rings is 1. The van der Waals surface area contributed by atoms with Gasteiger partial charge in [0.2, 0.25) is 5.91 Å². The Morgan fingerprint density at radius 1 is 1.21 bits per heavy atom. The van der Waals surface area contributed by atoms with E-state index in [1.807, 2.05) is 18.2 Å². The van der Waals surface area contributed by atoms with Crippen LogP contribution in [0.15, 0.2) is 29.3 Å². The first-order chi connectivity index (χ1) is 12.9. The van der Waals surface area contributed by atoms with Gasteiger partial charge in [0.25, 0.3) is 0 Å². The van der Waals surface area contributed by atoms with Crippen molar-refractivity contribution in [3.63, 3.8) is 0 Å². The molecule has 1 aliphatic heterocycles. The Morgan fingerprint density at radius 2 is 1.89 bits per heavy atom. The van der Waals surface area contributed by atoms with Gasteiger partial charge in [-0.25, -0.2) is 0 Å². The normalized spacial score (nSPS) is 16.6. The highest BCUT2D eigenvalue weighted by atomic mass is 127. The molecule has 1 aromatic rings. The molecule has 1 aliphatic rings. The number of rotatable bonds is 8. The molecule has 3 N–H and O–H groups in total. The summed E-state index contributed by atoms with van der Waals surface area (Å²) in [5, 5.41) is 9.69. The lowest BCUT2D eigenvalue weighted by Crippen LogP contribution is -2.45. The summed E-state index contributed by atoms with van der Waals surface area (Å²) < 4.78 is 0. The van der Waals surface area contributed by atoms with E-state index in [9.17, 15) is 4.79 Å². The molecule has 0 saturated heterocycles. The van der Waals surface area contributed by atoms with Crippen LogP contribution in [0.25, 0.3) is 0 Å². The second-order valence-electron chi connectivity index (χ2n) is 7.61. The van der Waals surface area contributed by atoms with Gasteiger partial charge in [-0.15, -0.1) is 24.0 Å². The van der Waals surface area contributed by atoms with Crippen molar-refractivity contribution in [2.45, 2.75) is 59.0 Å². The van der Waals surface area contributed by atoms with E-state index in [2.05, 4.69) is 61.5 Å². The molecule has 28 heavy (non-hydrogen) atoms. The molecule has 6 nitrogen and oxygen atoms in total. The number of anilines is 1. The number of halogens is 1. The number of hydrogen-bond acceptors (Lipinski definition) is 3. The molecule has 158 valence electrons. The van der Waals surface area contributed by atoms with Crippen LogP contribution in [-0.4, -0.2) is 55.0 Å². The van der Waals surface area contributed by atoms with Crippen LogP contribution >= 0.6 is 24.0 Å². The molecule has 1 unspecified atom stereocenters. The largest absolute Gasteiger partial charge is 0.357 e. The third kappa shape index (κ3) is 7.24. The van der Waals surface area contributed by atoms with E-state index in [1.165, 1.54) is 5.56 Å². The highest BCUT2D eigenvalue weighted by Gasteiger charge is 2.24. The number of amides is 1. The van der Waals surface area contributed by atoms with Crippen molar-refractivity contribution in [2.24, 2.45) is 4.99 Å². The summed E-state index contributed by atoms with van der Waals surface area (Å²) in [6, 6.07) is 9.04. The van der Waals surface area contributed by atoms with Crippen LogP contribution in [0.4, 0.5) is 5.69 Å². The van der Waals surface area contributed by atoms with E-state index in [0.717, 1.165) is 31.3 Å². The maximum absolute atomic E-state index is 12.0. The van der Waals surface area contributed by atoms with E-state index in [-0.39, 0.29) is 35.8 Å². The van der Waals surface area contributed by atoms with Gasteiger partial charge in [0.05, 0.1) is 6.54 Å². The Morgan fingerprint density at radius 3 is 2.54 bits per heavy atom. The Hall–Kier alpha value is -1.35. The zero-order chi connectivity index (χ0) is 19.8. The van der Waals surface area contributed by atoms with Crippen molar-refractivity contribution in [1.29, 1.82) is 0 Å². The van der Waals surface area contributed by atoms with Crippen molar-refractivity contribution in [3.05, 3.63) is 29.8 Å². The Kier molecular flexibility index (Phi) is 10.8. The second-order valence-corrected chi connectivity index (χ2v) is 7.61. The molecule has 0 aliphatic carbocycles. The maximum Gasteiger partial charge on any atom is 0.225 e. The van der Waals surface area contributed by atoms with Crippen LogP contribution in [0.1, 0.15) is 52.5 Å². The lowest BCUT2D eigenvalue weighted by atomic mass is 9.91. The first-order valence-electron chi connectivity index (χ1n) is 10.1. The molecular weight excluding hydrogens is 465 g/mol. The molecule has 0 radical (unpaired) electrons. The average Bonchev–Trinajstić information content (AvgIpc) is 2.62. The van der Waals surface area contributed by atoms with Gasteiger partial charge in [-0.1, -0.05) is 18.2 Å².